The van der Waals surface area contributed by atoms with E-state index >= 15 is 0 Å². The lowest BCUT2D eigenvalue weighted by molar-refractivity contribution is -0.0800. The van der Waals surface area contributed by atoms with Crippen molar-refractivity contribution in [1.82, 2.24) is 0 Å². The Kier molecular flexibility index (Phi) is 6.41. The molecule has 0 radical (unpaired) electrons. The summed E-state index contributed by atoms with van der Waals surface area (Å²) in [5.41, 5.74) is 7.77. The van der Waals surface area contributed by atoms with Crippen molar-refractivity contribution in [3.05, 3.63) is 10.4 Å². The summed E-state index contributed by atoms with van der Waals surface area (Å²) >= 11 is 0. The van der Waals surface area contributed by atoms with Gasteiger partial charge >= 0.3 is 0 Å². The van der Waals surface area contributed by atoms with Crippen molar-refractivity contribution >= 4 is 0 Å². The van der Waals surface area contributed by atoms with E-state index in [1.165, 1.54) is 0 Å². The number of hydrogen-bond acceptors (Lipinski definition) is 3. The summed E-state index contributed by atoms with van der Waals surface area (Å²) in [5.74, 6) is 0. The van der Waals surface area contributed by atoms with Crippen molar-refractivity contribution in [3.63, 3.8) is 0 Å². The molecule has 0 aliphatic heterocycles. The largest absolute Gasteiger partial charge is 0.373 e. The average Bonchev–Trinajstić information content (AvgIpc) is 2.11. The van der Waals surface area contributed by atoms with E-state index in [0.717, 1.165) is 0 Å². The van der Waals surface area contributed by atoms with Gasteiger partial charge in [-0.1, -0.05) is 5.11 Å². The van der Waals surface area contributed by atoms with E-state index in [1.807, 2.05) is 34.6 Å². The topological polar surface area (TPSA) is 67.2 Å². The summed E-state index contributed by atoms with van der Waals surface area (Å²) in [5, 5.41) is 3.49. The molecule has 0 unspecified atom stereocenters. The molecule has 0 aliphatic carbocycles. The fourth-order valence-corrected chi connectivity index (χ4v) is 1.10. The second kappa shape index (κ2) is 6.74. The first kappa shape index (κ1) is 15.2. The fourth-order valence-electron chi connectivity index (χ4n) is 1.10. The van der Waals surface area contributed by atoms with Crippen LogP contribution in [0.2, 0.25) is 0 Å². The second-order valence-electron chi connectivity index (χ2n) is 5.27. The van der Waals surface area contributed by atoms with Gasteiger partial charge in [0.25, 0.3) is 0 Å². The Bertz CT molecular complexity index is 240. The first-order valence-electron chi connectivity index (χ1n) is 5.56. The Balaban J connectivity index is 3.69. The van der Waals surface area contributed by atoms with Gasteiger partial charge in [-0.25, -0.2) is 0 Å². The van der Waals surface area contributed by atoms with E-state index in [4.69, 9.17) is 15.0 Å². The number of nitrogens with zero attached hydrogens (tertiary/aromatic N) is 3. The van der Waals surface area contributed by atoms with Gasteiger partial charge in [-0.2, -0.15) is 0 Å². The first-order chi connectivity index (χ1) is 7.27. The van der Waals surface area contributed by atoms with Crippen LogP contribution in [0.5, 0.6) is 0 Å². The molecule has 0 saturated heterocycles. The molecule has 0 spiro atoms. The quantitative estimate of drug-likeness (QED) is 0.291. The maximum atomic E-state index is 8.16. The molecule has 0 aromatic heterocycles. The highest BCUT2D eigenvalue weighted by Crippen LogP contribution is 2.15. The Labute approximate surface area is 97.7 Å². The highest BCUT2D eigenvalue weighted by atomic mass is 16.5. The lowest BCUT2D eigenvalue weighted by Gasteiger charge is -2.26. The van der Waals surface area contributed by atoms with Crippen LogP contribution in [0, 0.1) is 0 Å². The molecule has 0 aliphatic rings. The van der Waals surface area contributed by atoms with Crippen LogP contribution in [0.15, 0.2) is 5.11 Å². The Morgan fingerprint density at radius 2 is 1.62 bits per heavy atom. The highest BCUT2D eigenvalue weighted by molar-refractivity contribution is 4.70. The molecule has 0 atom stereocenters. The van der Waals surface area contributed by atoms with Gasteiger partial charge in [0.1, 0.15) is 0 Å². The minimum Gasteiger partial charge on any atom is -0.373 e. The maximum absolute atomic E-state index is 8.16. The van der Waals surface area contributed by atoms with Crippen molar-refractivity contribution in [2.24, 2.45) is 5.11 Å². The Morgan fingerprint density at radius 3 is 2.12 bits per heavy atom. The van der Waals surface area contributed by atoms with Gasteiger partial charge in [-0.3, -0.25) is 0 Å². The second-order valence-corrected chi connectivity index (χ2v) is 5.27. The van der Waals surface area contributed by atoms with Crippen LogP contribution in [0.1, 0.15) is 41.0 Å². The molecule has 16 heavy (non-hydrogen) atoms. The van der Waals surface area contributed by atoms with Gasteiger partial charge in [-0.05, 0) is 46.6 Å². The highest BCUT2D eigenvalue weighted by Gasteiger charge is 2.18. The molecule has 0 amide bonds. The maximum Gasteiger partial charge on any atom is 0.0708 e. The summed E-state index contributed by atoms with van der Waals surface area (Å²) in [6, 6.07) is 0. The summed E-state index contributed by atoms with van der Waals surface area (Å²) in [7, 11) is 0. The lowest BCUT2D eigenvalue weighted by atomic mass is 10.1. The number of rotatable bonds is 7. The van der Waals surface area contributed by atoms with Crippen molar-refractivity contribution in [2.45, 2.75) is 52.2 Å². The molecule has 0 N–H and O–H groups in total. The lowest BCUT2D eigenvalue weighted by Crippen LogP contribution is -2.29. The van der Waals surface area contributed by atoms with Crippen molar-refractivity contribution in [1.29, 1.82) is 0 Å². The van der Waals surface area contributed by atoms with Gasteiger partial charge in [0.2, 0.25) is 0 Å². The van der Waals surface area contributed by atoms with Crippen molar-refractivity contribution in [3.8, 4) is 0 Å². The van der Waals surface area contributed by atoms with Gasteiger partial charge in [0.15, 0.2) is 0 Å². The number of hydrogen-bond donors (Lipinski definition) is 0. The third-order valence-corrected chi connectivity index (χ3v) is 1.99. The monoisotopic (exact) mass is 229 g/mol. The normalized spacial score (nSPS) is 12.3. The van der Waals surface area contributed by atoms with Crippen LogP contribution in [0.3, 0.4) is 0 Å². The molecule has 0 heterocycles. The first-order valence-corrected chi connectivity index (χ1v) is 5.56. The molecular weight excluding hydrogens is 206 g/mol. The minimum absolute atomic E-state index is 0.126. The predicted molar refractivity (Wildman–Crippen MR) is 64.4 cm³/mol. The van der Waals surface area contributed by atoms with E-state index in [2.05, 4.69) is 10.0 Å². The van der Waals surface area contributed by atoms with Crippen LogP contribution < -0.4 is 0 Å². The average molecular weight is 229 g/mol. The van der Waals surface area contributed by atoms with Crippen LogP contribution in [0.25, 0.3) is 10.4 Å². The smallest absolute Gasteiger partial charge is 0.0708 e. The third-order valence-electron chi connectivity index (χ3n) is 1.99. The number of azide groups is 1. The summed E-state index contributed by atoms with van der Waals surface area (Å²) < 4.78 is 11.2. The molecule has 0 fully saturated rings. The van der Waals surface area contributed by atoms with Gasteiger partial charge < -0.3 is 9.47 Å². The molecule has 0 saturated carbocycles. The van der Waals surface area contributed by atoms with Crippen LogP contribution in [0.4, 0.5) is 0 Å². The molecule has 0 bridgehead atoms. The SMILES string of the molecule is CC(C)(C)OCCOC(C)(C)CCN=[N+]=[N-]. The van der Waals surface area contributed by atoms with E-state index < -0.39 is 0 Å². The summed E-state index contributed by atoms with van der Waals surface area (Å²) in [4.78, 5) is 2.71. The molecule has 0 rings (SSSR count). The zero-order valence-corrected chi connectivity index (χ0v) is 11.0. The molecule has 5 nitrogen and oxygen atoms in total. The summed E-state index contributed by atoms with van der Waals surface area (Å²) in [6.07, 6.45) is 0.715. The van der Waals surface area contributed by atoms with Crippen molar-refractivity contribution in [2.75, 3.05) is 19.8 Å². The van der Waals surface area contributed by atoms with Gasteiger partial charge in [0, 0.05) is 11.5 Å². The fraction of sp³-hybridized carbons (Fsp3) is 1.00. The summed E-state index contributed by atoms with van der Waals surface area (Å²) in [6.45, 7) is 11.6. The van der Waals surface area contributed by atoms with Crippen LogP contribution >= 0.6 is 0 Å². The molecular formula is C11H23N3O2. The Hall–Kier alpha value is -0.770. The van der Waals surface area contributed by atoms with Crippen LogP contribution in [-0.4, -0.2) is 31.0 Å². The van der Waals surface area contributed by atoms with E-state index in [-0.39, 0.29) is 11.2 Å². The van der Waals surface area contributed by atoms with E-state index in [1.54, 1.807) is 0 Å². The van der Waals surface area contributed by atoms with E-state index in [9.17, 15) is 0 Å². The Morgan fingerprint density at radius 1 is 1.06 bits per heavy atom. The molecule has 0 aromatic carbocycles. The number of ether oxygens (including phenoxy) is 2. The standard InChI is InChI=1S/C11H23N3O2/c1-10(2,3)15-8-9-16-11(4,5)6-7-13-14-12/h6-9H2,1-5H3. The van der Waals surface area contributed by atoms with Gasteiger partial charge in [0.05, 0.1) is 24.4 Å². The van der Waals surface area contributed by atoms with Crippen LogP contribution in [-0.2, 0) is 9.47 Å². The van der Waals surface area contributed by atoms with Crippen molar-refractivity contribution < 1.29 is 9.47 Å². The zero-order valence-electron chi connectivity index (χ0n) is 11.0. The molecule has 5 heteroatoms. The van der Waals surface area contributed by atoms with Gasteiger partial charge in [-0.15, -0.1) is 0 Å². The molecule has 0 aromatic rings. The predicted octanol–water partition coefficient (Wildman–Crippen LogP) is 3.30. The zero-order chi connectivity index (χ0) is 12.7. The minimum atomic E-state index is -0.268. The van der Waals surface area contributed by atoms with E-state index in [0.29, 0.717) is 26.2 Å². The third kappa shape index (κ3) is 9.77. The molecule has 94 valence electrons.